The molecule has 0 N–H and O–H groups in total. The first-order valence-corrected chi connectivity index (χ1v) is 10.7. The highest BCUT2D eigenvalue weighted by Crippen LogP contribution is 2.33. The van der Waals surface area contributed by atoms with Crippen LogP contribution in [-0.2, 0) is 14.3 Å². The van der Waals surface area contributed by atoms with Gasteiger partial charge in [0.15, 0.2) is 0 Å². The van der Waals surface area contributed by atoms with Crippen molar-refractivity contribution in [2.45, 2.75) is 27.7 Å². The molecule has 2 heterocycles. The summed E-state index contributed by atoms with van der Waals surface area (Å²) in [6.45, 7) is 7.61. The number of carbonyl (C=O) groups excluding carboxylic acids is 3. The Morgan fingerprint density at radius 3 is 2.50 bits per heavy atom. The topological polar surface area (TPSA) is 68.6 Å². The molecule has 0 radical (unpaired) electrons. The monoisotopic (exact) mass is 446 g/mol. The van der Waals surface area contributed by atoms with Crippen molar-refractivity contribution in [1.82, 2.24) is 9.47 Å². The summed E-state index contributed by atoms with van der Waals surface area (Å²) >= 11 is 6.81. The summed E-state index contributed by atoms with van der Waals surface area (Å²) in [6, 6.07) is 9.43. The molecule has 2 amide bonds. The third-order valence-electron chi connectivity index (χ3n) is 4.58. The molecule has 0 aliphatic carbocycles. The second-order valence-corrected chi connectivity index (χ2v) is 8.91. The molecule has 2 aromatic rings. The number of hydrogen-bond donors (Lipinski definition) is 0. The number of benzene rings is 1. The normalized spacial score (nSPS) is 15.5. The molecule has 0 saturated carbocycles. The lowest BCUT2D eigenvalue weighted by molar-refractivity contribution is -0.147. The Morgan fingerprint density at radius 2 is 1.87 bits per heavy atom. The SMILES string of the molecule is Cc1cc(/C=C2/SC(=O)N(CC(=O)OCC(C)C)C2=O)c(C)n1-c1ccc(Cl)cc1. The fraction of sp³-hybridized carbons (Fsp3) is 0.318. The minimum absolute atomic E-state index is 0.180. The van der Waals surface area contributed by atoms with Gasteiger partial charge >= 0.3 is 5.97 Å². The van der Waals surface area contributed by atoms with Crippen molar-refractivity contribution in [1.29, 1.82) is 0 Å². The number of aryl methyl sites for hydroxylation is 1. The van der Waals surface area contributed by atoms with E-state index in [4.69, 9.17) is 16.3 Å². The fourth-order valence-electron chi connectivity index (χ4n) is 3.13. The van der Waals surface area contributed by atoms with Crippen molar-refractivity contribution < 1.29 is 19.1 Å². The predicted octanol–water partition coefficient (Wildman–Crippen LogP) is 4.98. The molecule has 30 heavy (non-hydrogen) atoms. The van der Waals surface area contributed by atoms with Crippen LogP contribution >= 0.6 is 23.4 Å². The van der Waals surface area contributed by atoms with Gasteiger partial charge in [-0.15, -0.1) is 0 Å². The minimum atomic E-state index is -0.590. The number of halogens is 1. The first-order valence-electron chi connectivity index (χ1n) is 9.53. The second kappa shape index (κ2) is 9.10. The molecule has 6 nitrogen and oxygen atoms in total. The van der Waals surface area contributed by atoms with E-state index < -0.39 is 17.1 Å². The van der Waals surface area contributed by atoms with Crippen LogP contribution in [0.4, 0.5) is 4.79 Å². The lowest BCUT2D eigenvalue weighted by Crippen LogP contribution is -2.34. The molecule has 8 heteroatoms. The number of amides is 2. The minimum Gasteiger partial charge on any atom is -0.464 e. The Bertz CT molecular complexity index is 1020. The maximum absolute atomic E-state index is 12.7. The van der Waals surface area contributed by atoms with Gasteiger partial charge in [-0.2, -0.15) is 0 Å². The van der Waals surface area contributed by atoms with Gasteiger partial charge in [0.1, 0.15) is 6.54 Å². The van der Waals surface area contributed by atoms with Gasteiger partial charge in [-0.1, -0.05) is 25.4 Å². The van der Waals surface area contributed by atoms with Crippen LogP contribution in [0, 0.1) is 19.8 Å². The third kappa shape index (κ3) is 4.79. The molecule has 1 aromatic carbocycles. The van der Waals surface area contributed by atoms with Gasteiger partial charge in [0.05, 0.1) is 11.5 Å². The highest BCUT2D eigenvalue weighted by atomic mass is 35.5. The molecule has 1 aromatic heterocycles. The van der Waals surface area contributed by atoms with E-state index in [9.17, 15) is 14.4 Å². The Labute approximate surface area is 184 Å². The summed E-state index contributed by atoms with van der Waals surface area (Å²) in [5.41, 5.74) is 3.70. The van der Waals surface area contributed by atoms with E-state index in [1.165, 1.54) is 0 Å². The van der Waals surface area contributed by atoms with Gasteiger partial charge in [0, 0.05) is 22.1 Å². The van der Waals surface area contributed by atoms with Crippen LogP contribution in [0.2, 0.25) is 5.02 Å². The van der Waals surface area contributed by atoms with Crippen molar-refractivity contribution in [2.75, 3.05) is 13.2 Å². The molecular formula is C22H23ClN2O4S. The zero-order valence-electron chi connectivity index (χ0n) is 17.3. The molecule has 1 aliphatic rings. The molecular weight excluding hydrogens is 424 g/mol. The van der Waals surface area contributed by atoms with Gasteiger partial charge in [-0.25, -0.2) is 0 Å². The summed E-state index contributed by atoms with van der Waals surface area (Å²) in [7, 11) is 0. The van der Waals surface area contributed by atoms with Crippen LogP contribution < -0.4 is 0 Å². The number of rotatable bonds is 6. The highest BCUT2D eigenvalue weighted by molar-refractivity contribution is 8.18. The average Bonchev–Trinajstić information content (AvgIpc) is 3.11. The van der Waals surface area contributed by atoms with Crippen LogP contribution in [0.5, 0.6) is 0 Å². The molecule has 0 spiro atoms. The first-order chi connectivity index (χ1) is 14.2. The van der Waals surface area contributed by atoms with Crippen molar-refractivity contribution >= 4 is 46.6 Å². The zero-order valence-corrected chi connectivity index (χ0v) is 18.8. The quantitative estimate of drug-likeness (QED) is 0.462. The molecule has 1 aliphatic heterocycles. The van der Waals surface area contributed by atoms with E-state index in [-0.39, 0.29) is 24.0 Å². The molecule has 1 saturated heterocycles. The molecule has 0 unspecified atom stereocenters. The van der Waals surface area contributed by atoms with Gasteiger partial charge < -0.3 is 9.30 Å². The van der Waals surface area contributed by atoms with E-state index in [2.05, 4.69) is 4.57 Å². The maximum Gasteiger partial charge on any atom is 0.326 e. The standard InChI is InChI=1S/C22H23ClN2O4S/c1-13(2)12-29-20(26)11-24-21(27)19(30-22(24)28)10-16-9-14(3)25(15(16)4)18-7-5-17(23)6-8-18/h5-10,13H,11-12H2,1-4H3/b19-10+. The van der Waals surface area contributed by atoms with Crippen molar-refractivity contribution in [3.63, 3.8) is 0 Å². The number of thioether (sulfide) groups is 1. The van der Waals surface area contributed by atoms with Gasteiger partial charge in [0.25, 0.3) is 11.1 Å². The fourth-order valence-corrected chi connectivity index (χ4v) is 4.09. The van der Waals surface area contributed by atoms with Crippen LogP contribution in [0.1, 0.15) is 30.8 Å². The first kappa shape index (κ1) is 22.2. The zero-order chi connectivity index (χ0) is 22.0. The number of imide groups is 1. The van der Waals surface area contributed by atoms with Crippen molar-refractivity contribution in [2.24, 2.45) is 5.92 Å². The lowest BCUT2D eigenvalue weighted by atomic mass is 10.2. The number of nitrogens with zero attached hydrogens (tertiary/aromatic N) is 2. The Balaban J connectivity index is 1.81. The number of ether oxygens (including phenoxy) is 1. The van der Waals surface area contributed by atoms with E-state index in [0.29, 0.717) is 5.02 Å². The van der Waals surface area contributed by atoms with Crippen molar-refractivity contribution in [3.05, 3.63) is 57.2 Å². The number of hydrogen-bond acceptors (Lipinski definition) is 5. The summed E-state index contributed by atoms with van der Waals surface area (Å²) in [4.78, 5) is 38.1. The van der Waals surface area contributed by atoms with E-state index >= 15 is 0 Å². The van der Waals surface area contributed by atoms with Crippen LogP contribution in [0.15, 0.2) is 35.2 Å². The number of aromatic nitrogens is 1. The summed E-state index contributed by atoms with van der Waals surface area (Å²) in [6.07, 6.45) is 1.69. The summed E-state index contributed by atoms with van der Waals surface area (Å²) in [5.74, 6) is -0.893. The van der Waals surface area contributed by atoms with Gasteiger partial charge in [-0.3, -0.25) is 19.3 Å². The van der Waals surface area contributed by atoms with Gasteiger partial charge in [0.2, 0.25) is 0 Å². The molecule has 0 atom stereocenters. The summed E-state index contributed by atoms with van der Waals surface area (Å²) < 4.78 is 7.14. The molecule has 3 rings (SSSR count). The maximum atomic E-state index is 12.7. The van der Waals surface area contributed by atoms with E-state index in [1.807, 2.05) is 58.0 Å². The Kier molecular flexibility index (Phi) is 6.73. The molecule has 158 valence electrons. The Hall–Kier alpha value is -2.51. The van der Waals surface area contributed by atoms with Crippen LogP contribution in [0.25, 0.3) is 11.8 Å². The van der Waals surface area contributed by atoms with Crippen molar-refractivity contribution in [3.8, 4) is 5.69 Å². The average molecular weight is 447 g/mol. The molecule has 0 bridgehead atoms. The smallest absolute Gasteiger partial charge is 0.326 e. The largest absolute Gasteiger partial charge is 0.464 e. The third-order valence-corrected chi connectivity index (χ3v) is 5.74. The predicted molar refractivity (Wildman–Crippen MR) is 119 cm³/mol. The number of carbonyl (C=O) groups is 3. The summed E-state index contributed by atoms with van der Waals surface area (Å²) in [5, 5.41) is 0.182. The van der Waals surface area contributed by atoms with E-state index in [0.717, 1.165) is 39.3 Å². The molecule has 1 fully saturated rings. The van der Waals surface area contributed by atoms with Crippen LogP contribution in [0.3, 0.4) is 0 Å². The lowest BCUT2D eigenvalue weighted by Gasteiger charge is -2.12. The second-order valence-electron chi connectivity index (χ2n) is 7.48. The number of esters is 1. The van der Waals surface area contributed by atoms with Crippen LogP contribution in [-0.4, -0.2) is 39.7 Å². The van der Waals surface area contributed by atoms with E-state index in [1.54, 1.807) is 6.08 Å². The van der Waals surface area contributed by atoms with Gasteiger partial charge in [-0.05, 0) is 73.5 Å². The Morgan fingerprint density at radius 1 is 1.20 bits per heavy atom. The highest BCUT2D eigenvalue weighted by Gasteiger charge is 2.37.